The molecule has 1 aliphatic heterocycles. The molecule has 4 heteroatoms. The smallest absolute Gasteiger partial charge is 0.380 e. The van der Waals surface area contributed by atoms with E-state index < -0.39 is 11.7 Å². The fourth-order valence-corrected chi connectivity index (χ4v) is 2.45. The lowest BCUT2D eigenvalue weighted by molar-refractivity contribution is -0.137. The monoisotopic (exact) mass is 296 g/mol. The first-order valence-electron chi connectivity index (χ1n) is 7.09. The standard InChI is InChI=1S/C17H19F3O/c1-2-4-15-12-21-10-3-5-14(15)11-13-6-8-16(9-7-13)17(18,19)20/h2,4,6-9,11,15H,3,5,10,12H2,1H3/b4-2+,14-11+. The van der Waals surface area contributed by atoms with Gasteiger partial charge in [0.1, 0.15) is 0 Å². The lowest BCUT2D eigenvalue weighted by Gasteiger charge is -2.13. The minimum Gasteiger partial charge on any atom is -0.380 e. The maximum absolute atomic E-state index is 12.6. The average molecular weight is 296 g/mol. The van der Waals surface area contributed by atoms with Crippen molar-refractivity contribution in [2.45, 2.75) is 25.9 Å². The van der Waals surface area contributed by atoms with Gasteiger partial charge in [0, 0.05) is 12.5 Å². The molecule has 1 atom stereocenters. The van der Waals surface area contributed by atoms with Crippen molar-refractivity contribution in [3.63, 3.8) is 0 Å². The Hall–Kier alpha value is -1.55. The van der Waals surface area contributed by atoms with Crippen LogP contribution in [0.3, 0.4) is 0 Å². The molecule has 1 aliphatic rings. The Morgan fingerprint density at radius 3 is 2.52 bits per heavy atom. The van der Waals surface area contributed by atoms with E-state index in [9.17, 15) is 13.2 Å². The van der Waals surface area contributed by atoms with Crippen molar-refractivity contribution in [2.24, 2.45) is 5.92 Å². The number of rotatable bonds is 2. The SMILES string of the molecule is C/C=C/C1COCCC/C1=C\c1ccc(C(F)(F)F)cc1. The van der Waals surface area contributed by atoms with Gasteiger partial charge in [-0.15, -0.1) is 0 Å². The molecular formula is C17H19F3O. The highest BCUT2D eigenvalue weighted by molar-refractivity contribution is 5.54. The van der Waals surface area contributed by atoms with Crippen LogP contribution in [-0.4, -0.2) is 13.2 Å². The number of alkyl halides is 3. The number of hydrogen-bond acceptors (Lipinski definition) is 1. The third-order valence-corrected chi connectivity index (χ3v) is 3.54. The van der Waals surface area contributed by atoms with Crippen molar-refractivity contribution in [3.8, 4) is 0 Å². The Morgan fingerprint density at radius 2 is 1.90 bits per heavy atom. The molecule has 0 aliphatic carbocycles. The molecule has 0 amide bonds. The molecule has 0 N–H and O–H groups in total. The van der Waals surface area contributed by atoms with Crippen molar-refractivity contribution >= 4 is 6.08 Å². The van der Waals surface area contributed by atoms with Crippen LogP contribution in [0.5, 0.6) is 0 Å². The summed E-state index contributed by atoms with van der Waals surface area (Å²) < 4.78 is 43.2. The molecule has 1 heterocycles. The van der Waals surface area contributed by atoms with Gasteiger partial charge in [0.15, 0.2) is 0 Å². The maximum atomic E-state index is 12.6. The van der Waals surface area contributed by atoms with E-state index in [1.54, 1.807) is 0 Å². The Kier molecular flexibility index (Phi) is 5.23. The van der Waals surface area contributed by atoms with Crippen molar-refractivity contribution in [1.29, 1.82) is 0 Å². The molecule has 1 aromatic rings. The predicted molar refractivity (Wildman–Crippen MR) is 77.8 cm³/mol. The van der Waals surface area contributed by atoms with E-state index in [-0.39, 0.29) is 5.92 Å². The molecule has 1 unspecified atom stereocenters. The van der Waals surface area contributed by atoms with Crippen LogP contribution in [0.25, 0.3) is 6.08 Å². The van der Waals surface area contributed by atoms with Gasteiger partial charge >= 0.3 is 6.18 Å². The van der Waals surface area contributed by atoms with E-state index in [4.69, 9.17) is 4.74 Å². The van der Waals surface area contributed by atoms with Gasteiger partial charge in [-0.1, -0.05) is 35.9 Å². The molecule has 1 nitrogen and oxygen atoms in total. The fourth-order valence-electron chi connectivity index (χ4n) is 2.45. The molecule has 1 saturated heterocycles. The van der Waals surface area contributed by atoms with Crippen LogP contribution in [-0.2, 0) is 10.9 Å². The van der Waals surface area contributed by atoms with Crippen LogP contribution in [0.1, 0.15) is 30.9 Å². The summed E-state index contributed by atoms with van der Waals surface area (Å²) in [7, 11) is 0. The molecule has 2 rings (SSSR count). The van der Waals surface area contributed by atoms with E-state index in [0.717, 1.165) is 37.1 Å². The molecule has 0 spiro atoms. The molecule has 0 saturated carbocycles. The number of benzene rings is 1. The molecular weight excluding hydrogens is 277 g/mol. The fraction of sp³-hybridized carbons (Fsp3) is 0.412. The molecule has 0 bridgehead atoms. The van der Waals surface area contributed by atoms with Crippen LogP contribution in [0.4, 0.5) is 13.2 Å². The van der Waals surface area contributed by atoms with Gasteiger partial charge in [-0.25, -0.2) is 0 Å². The van der Waals surface area contributed by atoms with E-state index in [1.165, 1.54) is 17.7 Å². The van der Waals surface area contributed by atoms with Crippen molar-refractivity contribution in [2.75, 3.05) is 13.2 Å². The van der Waals surface area contributed by atoms with Gasteiger partial charge in [-0.05, 0) is 37.5 Å². The third kappa shape index (κ3) is 4.46. The lowest BCUT2D eigenvalue weighted by atomic mass is 9.93. The zero-order valence-corrected chi connectivity index (χ0v) is 12.0. The summed E-state index contributed by atoms with van der Waals surface area (Å²) in [6.45, 7) is 3.33. The molecule has 21 heavy (non-hydrogen) atoms. The van der Waals surface area contributed by atoms with Crippen molar-refractivity contribution < 1.29 is 17.9 Å². The van der Waals surface area contributed by atoms with Gasteiger partial charge in [0.05, 0.1) is 12.2 Å². The second-order valence-electron chi connectivity index (χ2n) is 5.15. The highest BCUT2D eigenvalue weighted by atomic mass is 19.4. The summed E-state index contributed by atoms with van der Waals surface area (Å²) in [5, 5.41) is 0. The van der Waals surface area contributed by atoms with Crippen molar-refractivity contribution in [1.82, 2.24) is 0 Å². The van der Waals surface area contributed by atoms with Crippen LogP contribution in [0.2, 0.25) is 0 Å². The average Bonchev–Trinajstić information content (AvgIpc) is 2.65. The maximum Gasteiger partial charge on any atom is 0.416 e. The lowest BCUT2D eigenvalue weighted by Crippen LogP contribution is -2.06. The Bertz CT molecular complexity index is 512. The molecule has 1 aromatic carbocycles. The van der Waals surface area contributed by atoms with E-state index in [0.29, 0.717) is 6.61 Å². The Labute approximate surface area is 123 Å². The Balaban J connectivity index is 2.23. The van der Waals surface area contributed by atoms with E-state index >= 15 is 0 Å². The summed E-state index contributed by atoms with van der Waals surface area (Å²) in [6.07, 6.45) is 3.63. The number of allylic oxidation sites excluding steroid dienone is 1. The van der Waals surface area contributed by atoms with Gasteiger partial charge < -0.3 is 4.74 Å². The third-order valence-electron chi connectivity index (χ3n) is 3.54. The summed E-state index contributed by atoms with van der Waals surface area (Å²) >= 11 is 0. The second kappa shape index (κ2) is 6.94. The summed E-state index contributed by atoms with van der Waals surface area (Å²) in [4.78, 5) is 0. The topological polar surface area (TPSA) is 9.23 Å². The van der Waals surface area contributed by atoms with Crippen LogP contribution in [0, 0.1) is 5.92 Å². The first-order chi connectivity index (χ1) is 10.0. The van der Waals surface area contributed by atoms with Crippen molar-refractivity contribution in [3.05, 3.63) is 53.1 Å². The first-order valence-corrected chi connectivity index (χ1v) is 7.09. The molecule has 114 valence electrons. The van der Waals surface area contributed by atoms with E-state index in [2.05, 4.69) is 6.08 Å². The zero-order valence-electron chi connectivity index (χ0n) is 12.0. The first kappa shape index (κ1) is 15.8. The normalized spacial score (nSPS) is 22.7. The summed E-state index contributed by atoms with van der Waals surface area (Å²) in [6, 6.07) is 5.30. The predicted octanol–water partition coefficient (Wildman–Crippen LogP) is 5.09. The molecule has 0 radical (unpaired) electrons. The minimum absolute atomic E-state index is 0.208. The molecule has 0 aromatic heterocycles. The largest absolute Gasteiger partial charge is 0.416 e. The number of hydrogen-bond donors (Lipinski definition) is 0. The van der Waals surface area contributed by atoms with E-state index in [1.807, 2.05) is 19.1 Å². The highest BCUT2D eigenvalue weighted by Gasteiger charge is 2.29. The van der Waals surface area contributed by atoms with Crippen LogP contribution >= 0.6 is 0 Å². The van der Waals surface area contributed by atoms with Gasteiger partial charge in [0.2, 0.25) is 0 Å². The minimum atomic E-state index is -4.28. The van der Waals surface area contributed by atoms with Gasteiger partial charge in [-0.2, -0.15) is 13.2 Å². The molecule has 1 fully saturated rings. The Morgan fingerprint density at radius 1 is 1.19 bits per heavy atom. The number of halogens is 3. The highest BCUT2D eigenvalue weighted by Crippen LogP contribution is 2.30. The number of ether oxygens (including phenoxy) is 1. The quantitative estimate of drug-likeness (QED) is 0.691. The second-order valence-corrected chi connectivity index (χ2v) is 5.15. The van der Waals surface area contributed by atoms with Gasteiger partial charge in [-0.3, -0.25) is 0 Å². The van der Waals surface area contributed by atoms with Crippen LogP contribution in [0.15, 0.2) is 42.0 Å². The summed E-state index contributed by atoms with van der Waals surface area (Å²) in [5.41, 5.74) is 1.40. The van der Waals surface area contributed by atoms with Gasteiger partial charge in [0.25, 0.3) is 0 Å². The van der Waals surface area contributed by atoms with Crippen LogP contribution < -0.4 is 0 Å². The summed E-state index contributed by atoms with van der Waals surface area (Å²) in [5.74, 6) is 0.208. The zero-order chi connectivity index (χ0) is 15.3.